The molecule has 2 aliphatic heterocycles. The van der Waals surface area contributed by atoms with Crippen molar-refractivity contribution in [3.63, 3.8) is 0 Å². The molecular formula is C19H23N3O2. The first-order valence-electron chi connectivity index (χ1n) is 9.16. The number of likely N-dealkylation sites (tertiary alicyclic amines) is 1. The molecule has 5 aliphatic rings. The lowest BCUT2D eigenvalue weighted by Gasteiger charge is -2.44. The minimum absolute atomic E-state index is 0.0594. The third kappa shape index (κ3) is 2.14. The number of nitrogens with zero attached hydrogens (tertiary/aromatic N) is 1. The van der Waals surface area contributed by atoms with E-state index in [1.807, 2.05) is 18.2 Å². The van der Waals surface area contributed by atoms with Crippen LogP contribution in [0.2, 0.25) is 0 Å². The number of fused-ring (bicyclic) bond motifs is 3. The summed E-state index contributed by atoms with van der Waals surface area (Å²) in [5.41, 5.74) is 2.29. The molecule has 0 unspecified atom stereocenters. The van der Waals surface area contributed by atoms with E-state index < -0.39 is 0 Å². The zero-order valence-electron chi connectivity index (χ0n) is 13.8. The van der Waals surface area contributed by atoms with Gasteiger partial charge in [-0.25, -0.2) is 0 Å². The summed E-state index contributed by atoms with van der Waals surface area (Å²) in [5.74, 6) is 3.18. The van der Waals surface area contributed by atoms with Crippen molar-refractivity contribution < 1.29 is 9.59 Å². The highest BCUT2D eigenvalue weighted by Gasteiger charge is 2.49. The molecule has 4 fully saturated rings. The van der Waals surface area contributed by atoms with Crippen molar-refractivity contribution >= 4 is 23.2 Å². The van der Waals surface area contributed by atoms with Crippen LogP contribution in [-0.2, 0) is 4.79 Å². The average molecular weight is 325 g/mol. The summed E-state index contributed by atoms with van der Waals surface area (Å²) < 4.78 is 0. The minimum Gasteiger partial charge on any atom is -0.374 e. The van der Waals surface area contributed by atoms with E-state index in [2.05, 4.69) is 15.5 Å². The van der Waals surface area contributed by atoms with E-state index in [1.165, 1.54) is 25.7 Å². The zero-order chi connectivity index (χ0) is 16.3. The quantitative estimate of drug-likeness (QED) is 0.834. The average Bonchev–Trinajstić information content (AvgIpc) is 3.09. The molecule has 5 heteroatoms. The molecule has 2 amide bonds. The van der Waals surface area contributed by atoms with Crippen molar-refractivity contribution in [3.05, 3.63) is 23.8 Å². The van der Waals surface area contributed by atoms with E-state index in [9.17, 15) is 9.59 Å². The Balaban J connectivity index is 1.37. The molecule has 0 radical (unpaired) electrons. The molecule has 2 bridgehead atoms. The summed E-state index contributed by atoms with van der Waals surface area (Å²) in [6.45, 7) is 2.14. The lowest BCUT2D eigenvalue weighted by Crippen LogP contribution is -2.38. The fraction of sp³-hybridized carbons (Fsp3) is 0.579. The first-order valence-corrected chi connectivity index (χ1v) is 9.16. The van der Waals surface area contributed by atoms with Gasteiger partial charge >= 0.3 is 0 Å². The number of carbonyl (C=O) groups excluding carboxylic acids is 2. The molecule has 24 heavy (non-hydrogen) atoms. The standard InChI is InChI=1S/C19H23N3O2/c23-18-8-20-16-6-5-13(7-17(16)21-18)19(24)22-9-14-11-1-2-12(4-3-11)15(14)10-22/h5-7,11-12,14-15,20H,1-4,8-10H2,(H,21,23)/t11?,12?,14-,15+. The van der Waals surface area contributed by atoms with Gasteiger partial charge in [-0.2, -0.15) is 0 Å². The van der Waals surface area contributed by atoms with Gasteiger partial charge in [0.05, 0.1) is 17.9 Å². The highest BCUT2D eigenvalue weighted by atomic mass is 16.2. The molecule has 0 spiro atoms. The molecule has 2 N–H and O–H groups in total. The highest BCUT2D eigenvalue weighted by molar-refractivity contribution is 6.03. The van der Waals surface area contributed by atoms with E-state index in [0.717, 1.165) is 42.4 Å². The third-order valence-corrected chi connectivity index (χ3v) is 6.71. The highest BCUT2D eigenvalue weighted by Crippen LogP contribution is 2.52. The Bertz CT molecular complexity index is 689. The second kappa shape index (κ2) is 5.23. The molecular weight excluding hydrogens is 302 g/mol. The van der Waals surface area contributed by atoms with E-state index in [-0.39, 0.29) is 11.8 Å². The Labute approximate surface area is 141 Å². The zero-order valence-corrected chi connectivity index (χ0v) is 13.8. The van der Waals surface area contributed by atoms with Crippen molar-refractivity contribution in [1.29, 1.82) is 0 Å². The number of rotatable bonds is 1. The van der Waals surface area contributed by atoms with Crippen LogP contribution in [0.25, 0.3) is 0 Å². The smallest absolute Gasteiger partial charge is 0.253 e. The maximum atomic E-state index is 13.0. The van der Waals surface area contributed by atoms with Crippen LogP contribution in [0, 0.1) is 23.7 Å². The summed E-state index contributed by atoms with van der Waals surface area (Å²) in [6.07, 6.45) is 5.46. The predicted octanol–water partition coefficient (Wildman–Crippen LogP) is 2.56. The van der Waals surface area contributed by atoms with Gasteiger partial charge in [0.2, 0.25) is 5.91 Å². The SMILES string of the molecule is O=C1CNc2ccc(C(=O)N3C[C@@H]4C5CCC(CC5)[C@@H]4C3)cc2N1. The van der Waals surface area contributed by atoms with Gasteiger partial charge in [0, 0.05) is 18.7 Å². The lowest BCUT2D eigenvalue weighted by atomic mass is 9.60. The summed E-state index contributed by atoms with van der Waals surface area (Å²) in [7, 11) is 0. The molecule has 2 heterocycles. The van der Waals surface area contributed by atoms with Crippen LogP contribution in [0.5, 0.6) is 0 Å². The molecule has 6 rings (SSSR count). The number of hydrogen-bond acceptors (Lipinski definition) is 3. The van der Waals surface area contributed by atoms with Crippen molar-refractivity contribution in [3.8, 4) is 0 Å². The number of hydrogen-bond donors (Lipinski definition) is 2. The second-order valence-corrected chi connectivity index (χ2v) is 7.87. The molecule has 1 saturated heterocycles. The Morgan fingerprint density at radius 3 is 2.33 bits per heavy atom. The number of amides is 2. The van der Waals surface area contributed by atoms with Crippen LogP contribution in [-0.4, -0.2) is 36.3 Å². The Morgan fingerprint density at radius 2 is 1.67 bits per heavy atom. The molecule has 0 aromatic heterocycles. The van der Waals surface area contributed by atoms with Crippen molar-refractivity contribution in [1.82, 2.24) is 4.90 Å². The first kappa shape index (κ1) is 14.3. The predicted molar refractivity (Wildman–Crippen MR) is 91.9 cm³/mol. The molecule has 1 aromatic carbocycles. The molecule has 1 aromatic rings. The van der Waals surface area contributed by atoms with Crippen molar-refractivity contribution in [2.75, 3.05) is 30.3 Å². The van der Waals surface area contributed by atoms with Gasteiger partial charge in [0.1, 0.15) is 0 Å². The largest absolute Gasteiger partial charge is 0.374 e. The van der Waals surface area contributed by atoms with E-state index in [4.69, 9.17) is 0 Å². The number of benzene rings is 1. The molecule has 2 atom stereocenters. The fourth-order valence-corrected chi connectivity index (χ4v) is 5.51. The van der Waals surface area contributed by atoms with Gasteiger partial charge in [-0.1, -0.05) is 0 Å². The topological polar surface area (TPSA) is 61.4 Å². The summed E-state index contributed by atoms with van der Waals surface area (Å²) in [5, 5.41) is 5.92. The summed E-state index contributed by atoms with van der Waals surface area (Å²) in [4.78, 5) is 26.6. The van der Waals surface area contributed by atoms with E-state index in [0.29, 0.717) is 17.8 Å². The maximum absolute atomic E-state index is 13.0. The molecule has 5 nitrogen and oxygen atoms in total. The van der Waals surface area contributed by atoms with Gasteiger partial charge in [0.25, 0.3) is 5.91 Å². The number of nitrogens with one attached hydrogen (secondary N) is 2. The van der Waals surface area contributed by atoms with Gasteiger partial charge < -0.3 is 15.5 Å². The van der Waals surface area contributed by atoms with Crippen LogP contribution in [0.1, 0.15) is 36.0 Å². The molecule has 3 saturated carbocycles. The molecule has 3 aliphatic carbocycles. The van der Waals surface area contributed by atoms with Crippen LogP contribution < -0.4 is 10.6 Å². The van der Waals surface area contributed by atoms with Gasteiger partial charge in [-0.05, 0) is 67.6 Å². The third-order valence-electron chi connectivity index (χ3n) is 6.71. The van der Waals surface area contributed by atoms with Crippen molar-refractivity contribution in [2.45, 2.75) is 25.7 Å². The number of carbonyl (C=O) groups is 2. The maximum Gasteiger partial charge on any atom is 0.253 e. The van der Waals surface area contributed by atoms with E-state index >= 15 is 0 Å². The summed E-state index contributed by atoms with van der Waals surface area (Å²) in [6, 6.07) is 5.59. The van der Waals surface area contributed by atoms with Gasteiger partial charge in [0.15, 0.2) is 0 Å². The van der Waals surface area contributed by atoms with Crippen molar-refractivity contribution in [2.24, 2.45) is 23.7 Å². The summed E-state index contributed by atoms with van der Waals surface area (Å²) >= 11 is 0. The first-order chi connectivity index (χ1) is 11.7. The Morgan fingerprint density at radius 1 is 1.00 bits per heavy atom. The normalized spacial score (nSPS) is 33.5. The van der Waals surface area contributed by atoms with Gasteiger partial charge in [-0.3, -0.25) is 9.59 Å². The minimum atomic E-state index is -0.0594. The molecule has 126 valence electrons. The second-order valence-electron chi connectivity index (χ2n) is 7.87. The van der Waals surface area contributed by atoms with Crippen LogP contribution >= 0.6 is 0 Å². The van der Waals surface area contributed by atoms with Crippen LogP contribution in [0.15, 0.2) is 18.2 Å². The van der Waals surface area contributed by atoms with Crippen LogP contribution in [0.3, 0.4) is 0 Å². The van der Waals surface area contributed by atoms with Crippen LogP contribution in [0.4, 0.5) is 11.4 Å². The lowest BCUT2D eigenvalue weighted by molar-refractivity contribution is -0.114. The fourth-order valence-electron chi connectivity index (χ4n) is 5.51. The monoisotopic (exact) mass is 325 g/mol. The Kier molecular flexibility index (Phi) is 3.12. The Hall–Kier alpha value is -2.04. The van der Waals surface area contributed by atoms with Gasteiger partial charge in [-0.15, -0.1) is 0 Å². The number of anilines is 2. The van der Waals surface area contributed by atoms with E-state index in [1.54, 1.807) is 0 Å².